The van der Waals surface area contributed by atoms with Gasteiger partial charge >= 0.3 is 5.97 Å². The second-order valence-electron chi connectivity index (χ2n) is 9.75. The summed E-state index contributed by atoms with van der Waals surface area (Å²) in [6.07, 6.45) is 1.96. The fourth-order valence-electron chi connectivity index (χ4n) is 4.53. The van der Waals surface area contributed by atoms with Crippen molar-refractivity contribution in [3.8, 4) is 0 Å². The highest BCUT2D eigenvalue weighted by atomic mass is 16.7. The van der Waals surface area contributed by atoms with Gasteiger partial charge in [-0.15, -0.1) is 0 Å². The van der Waals surface area contributed by atoms with E-state index in [2.05, 4.69) is 22.2 Å². The normalized spacial score (nSPS) is 19.1. The molecule has 2 heterocycles. The Hall–Kier alpha value is -3.63. The molecule has 0 spiro atoms. The molecule has 0 radical (unpaired) electrons. The van der Waals surface area contributed by atoms with E-state index in [1.54, 1.807) is 18.3 Å². The van der Waals surface area contributed by atoms with Gasteiger partial charge in [0.05, 0.1) is 25.2 Å². The topological polar surface area (TPSA) is 121 Å². The van der Waals surface area contributed by atoms with Gasteiger partial charge < -0.3 is 29.9 Å². The summed E-state index contributed by atoms with van der Waals surface area (Å²) in [5.41, 5.74) is 4.18. The Kier molecular flexibility index (Phi) is 10.2. The summed E-state index contributed by atoms with van der Waals surface area (Å²) in [5, 5.41) is 21.0. The molecule has 0 bridgehead atoms. The van der Waals surface area contributed by atoms with E-state index >= 15 is 0 Å². The molecule has 0 aliphatic carbocycles. The zero-order chi connectivity index (χ0) is 27.6. The number of likely N-dealkylation sites (N-methyl/N-ethyl adjacent to an activating group) is 1. The molecule has 9 nitrogen and oxygen atoms in total. The van der Waals surface area contributed by atoms with E-state index in [4.69, 9.17) is 14.6 Å². The van der Waals surface area contributed by atoms with Crippen molar-refractivity contribution in [2.45, 2.75) is 50.8 Å². The highest BCUT2D eigenvalue weighted by molar-refractivity contribution is 5.92. The molecule has 1 amide bonds. The van der Waals surface area contributed by atoms with Gasteiger partial charge in [-0.2, -0.15) is 0 Å². The molecule has 3 atom stereocenters. The van der Waals surface area contributed by atoms with Crippen LogP contribution in [0.3, 0.4) is 0 Å². The van der Waals surface area contributed by atoms with Crippen molar-refractivity contribution in [1.82, 2.24) is 9.88 Å². The highest BCUT2D eigenvalue weighted by Crippen LogP contribution is 2.38. The summed E-state index contributed by atoms with van der Waals surface area (Å²) in [6, 6.07) is 20.9. The van der Waals surface area contributed by atoms with Gasteiger partial charge in [0.25, 0.3) is 0 Å². The lowest BCUT2D eigenvalue weighted by Gasteiger charge is -2.38. The van der Waals surface area contributed by atoms with Gasteiger partial charge in [0, 0.05) is 55.5 Å². The first kappa shape index (κ1) is 28.4. The minimum absolute atomic E-state index is 0.0216. The number of benzene rings is 2. The quantitative estimate of drug-likeness (QED) is 0.318. The first-order valence-electron chi connectivity index (χ1n) is 13.1. The van der Waals surface area contributed by atoms with Gasteiger partial charge in [0.1, 0.15) is 0 Å². The van der Waals surface area contributed by atoms with Crippen LogP contribution in [-0.2, 0) is 32.1 Å². The van der Waals surface area contributed by atoms with Gasteiger partial charge in [-0.05, 0) is 42.4 Å². The van der Waals surface area contributed by atoms with E-state index in [0.29, 0.717) is 18.7 Å². The summed E-state index contributed by atoms with van der Waals surface area (Å²) in [7, 11) is 2.06. The molecule has 0 unspecified atom stereocenters. The van der Waals surface area contributed by atoms with Crippen LogP contribution < -0.4 is 5.32 Å². The molecule has 3 N–H and O–H groups in total. The van der Waals surface area contributed by atoms with Gasteiger partial charge in [-0.1, -0.05) is 42.5 Å². The number of carboxylic acids is 1. The largest absolute Gasteiger partial charge is 0.481 e. The maximum absolute atomic E-state index is 12.2. The zero-order valence-corrected chi connectivity index (χ0v) is 22.0. The molecule has 3 aromatic rings. The third-order valence-corrected chi connectivity index (χ3v) is 6.61. The van der Waals surface area contributed by atoms with Crippen molar-refractivity contribution < 1.29 is 29.3 Å². The Labute approximate surface area is 228 Å². The fourth-order valence-corrected chi connectivity index (χ4v) is 4.53. The molecule has 2 aromatic carbocycles. The van der Waals surface area contributed by atoms with Crippen LogP contribution in [0.2, 0.25) is 0 Å². The maximum Gasteiger partial charge on any atom is 0.303 e. The summed E-state index contributed by atoms with van der Waals surface area (Å²) < 4.78 is 12.8. The lowest BCUT2D eigenvalue weighted by molar-refractivity contribution is -0.252. The number of aliphatic hydroxyl groups excluding tert-OH is 1. The van der Waals surface area contributed by atoms with Crippen LogP contribution in [0.4, 0.5) is 5.69 Å². The van der Waals surface area contributed by atoms with Crippen molar-refractivity contribution in [1.29, 1.82) is 0 Å². The lowest BCUT2D eigenvalue weighted by Crippen LogP contribution is -2.38. The Morgan fingerprint density at radius 1 is 1.03 bits per heavy atom. The third kappa shape index (κ3) is 8.69. The molecule has 1 aliphatic heterocycles. The molecule has 1 aliphatic rings. The van der Waals surface area contributed by atoms with E-state index in [1.807, 2.05) is 54.6 Å². The predicted octanol–water partition coefficient (Wildman–Crippen LogP) is 4.10. The Morgan fingerprint density at radius 2 is 1.85 bits per heavy atom. The predicted molar refractivity (Wildman–Crippen MR) is 146 cm³/mol. The molecule has 0 saturated carbocycles. The number of pyridine rings is 1. The van der Waals surface area contributed by atoms with Gasteiger partial charge in [-0.3, -0.25) is 14.6 Å². The second-order valence-corrected chi connectivity index (χ2v) is 9.75. The third-order valence-electron chi connectivity index (χ3n) is 6.61. The number of carbonyl (C=O) groups is 2. The van der Waals surface area contributed by atoms with Crippen LogP contribution in [-0.4, -0.2) is 58.2 Å². The number of hydrogen-bond donors (Lipinski definition) is 3. The number of nitrogens with one attached hydrogen (secondary N) is 1. The number of aliphatic hydroxyl groups is 1. The Balaban J connectivity index is 1.47. The fraction of sp³-hybridized carbons (Fsp3) is 0.367. The van der Waals surface area contributed by atoms with Crippen molar-refractivity contribution in [3.63, 3.8) is 0 Å². The monoisotopic (exact) mass is 533 g/mol. The summed E-state index contributed by atoms with van der Waals surface area (Å²) in [5.74, 6) is -1.38. The molecular weight excluding hydrogens is 498 g/mol. The standard InChI is InChI=1S/C30H35N3O6/c1-33(16-14-24-6-2-3-15-31-24)19-26-18-27(22-10-8-21(20-34)9-11-22)39-30(38-26)23-5-4-7-25(17-23)32-28(35)12-13-29(36)37/h2-11,15,17,26-27,30,34H,12-14,16,18-20H2,1H3,(H,32,35)(H,36,37)/t26-,27+,30+/m0/s1. The number of carbonyl (C=O) groups excluding carboxylic acids is 1. The van der Waals surface area contributed by atoms with Crippen LogP contribution in [0, 0.1) is 0 Å². The molecule has 39 heavy (non-hydrogen) atoms. The number of nitrogens with zero attached hydrogens (tertiary/aromatic N) is 2. The lowest BCUT2D eigenvalue weighted by atomic mass is 9.99. The van der Waals surface area contributed by atoms with Gasteiger partial charge in [0.2, 0.25) is 5.91 Å². The SMILES string of the molecule is CN(CCc1ccccn1)C[C@@H]1C[C@H](c2ccc(CO)cc2)O[C@H](c2cccc(NC(=O)CCC(=O)O)c2)O1. The average molecular weight is 534 g/mol. The van der Waals surface area contributed by atoms with Crippen molar-refractivity contribution in [2.24, 2.45) is 0 Å². The number of rotatable bonds is 12. The van der Waals surface area contributed by atoms with Crippen LogP contribution in [0.25, 0.3) is 0 Å². The van der Waals surface area contributed by atoms with E-state index < -0.39 is 12.3 Å². The first-order chi connectivity index (χ1) is 18.9. The molecule has 1 aromatic heterocycles. The number of aromatic nitrogens is 1. The Bertz CT molecular complexity index is 1220. The molecule has 1 fully saturated rings. The van der Waals surface area contributed by atoms with Crippen LogP contribution in [0.5, 0.6) is 0 Å². The zero-order valence-electron chi connectivity index (χ0n) is 22.0. The van der Waals surface area contributed by atoms with Crippen LogP contribution >= 0.6 is 0 Å². The molecule has 4 rings (SSSR count). The number of ether oxygens (including phenoxy) is 2. The second kappa shape index (κ2) is 14.0. The minimum atomic E-state index is -1.02. The van der Waals surface area contributed by atoms with E-state index in [1.165, 1.54) is 0 Å². The molecular formula is C30H35N3O6. The summed E-state index contributed by atoms with van der Waals surface area (Å²) in [4.78, 5) is 29.6. The van der Waals surface area contributed by atoms with E-state index in [-0.39, 0.29) is 37.6 Å². The van der Waals surface area contributed by atoms with Crippen molar-refractivity contribution >= 4 is 17.6 Å². The minimum Gasteiger partial charge on any atom is -0.481 e. The number of carboxylic acid groups (broad SMARTS) is 1. The van der Waals surface area contributed by atoms with Crippen LogP contribution in [0.15, 0.2) is 72.9 Å². The molecule has 206 valence electrons. The molecule has 1 saturated heterocycles. The van der Waals surface area contributed by atoms with Crippen molar-refractivity contribution in [2.75, 3.05) is 25.5 Å². The number of amides is 1. The first-order valence-corrected chi connectivity index (χ1v) is 13.1. The summed E-state index contributed by atoms with van der Waals surface area (Å²) >= 11 is 0. The average Bonchev–Trinajstić information content (AvgIpc) is 2.95. The van der Waals surface area contributed by atoms with Crippen LogP contribution in [0.1, 0.15) is 54.0 Å². The highest BCUT2D eigenvalue weighted by Gasteiger charge is 2.33. The van der Waals surface area contributed by atoms with Crippen molar-refractivity contribution in [3.05, 3.63) is 95.3 Å². The van der Waals surface area contributed by atoms with Gasteiger partial charge in [-0.25, -0.2) is 0 Å². The maximum atomic E-state index is 12.2. The van der Waals surface area contributed by atoms with Gasteiger partial charge in [0.15, 0.2) is 6.29 Å². The summed E-state index contributed by atoms with van der Waals surface area (Å²) in [6.45, 7) is 1.51. The number of hydrogen-bond acceptors (Lipinski definition) is 7. The van der Waals surface area contributed by atoms with E-state index in [9.17, 15) is 14.7 Å². The molecule has 9 heteroatoms. The smallest absolute Gasteiger partial charge is 0.303 e. The number of aliphatic carboxylic acids is 1. The van der Waals surface area contributed by atoms with E-state index in [0.717, 1.165) is 35.3 Å². The Morgan fingerprint density at radius 3 is 2.56 bits per heavy atom. The number of anilines is 1.